The van der Waals surface area contributed by atoms with Gasteiger partial charge in [0, 0.05) is 18.1 Å². The lowest BCUT2D eigenvalue weighted by molar-refractivity contribution is -0.0600. The van der Waals surface area contributed by atoms with Crippen molar-refractivity contribution in [2.24, 2.45) is 5.10 Å². The highest BCUT2D eigenvalue weighted by Crippen LogP contribution is 2.40. The zero-order valence-corrected chi connectivity index (χ0v) is 14.1. The molecule has 0 unspecified atom stereocenters. The van der Waals surface area contributed by atoms with Gasteiger partial charge in [-0.15, -0.1) is 0 Å². The Bertz CT molecular complexity index is 1000. The number of hydrogen-bond donors (Lipinski definition) is 1. The van der Waals surface area contributed by atoms with E-state index in [1.807, 2.05) is 0 Å². The van der Waals surface area contributed by atoms with Crippen LogP contribution >= 0.6 is 0 Å². The topological polar surface area (TPSA) is 70.0 Å². The lowest BCUT2D eigenvalue weighted by Crippen LogP contribution is -2.22. The molecule has 0 fully saturated rings. The van der Waals surface area contributed by atoms with Crippen molar-refractivity contribution < 1.29 is 34.9 Å². The molecule has 144 valence electrons. The van der Waals surface area contributed by atoms with Crippen molar-refractivity contribution in [2.45, 2.75) is 23.5 Å². The molecular formula is C16H11F5N2O3S. The van der Waals surface area contributed by atoms with Gasteiger partial charge in [-0.1, -0.05) is 6.07 Å². The van der Waals surface area contributed by atoms with Crippen molar-refractivity contribution >= 4 is 21.5 Å². The highest BCUT2D eigenvalue weighted by molar-refractivity contribution is 7.85. The number of benzene rings is 2. The van der Waals surface area contributed by atoms with Gasteiger partial charge in [-0.25, -0.2) is 8.78 Å². The number of alkyl halides is 3. The minimum Gasteiger partial charge on any atom is -0.282 e. The van der Waals surface area contributed by atoms with Crippen molar-refractivity contribution in [1.82, 2.24) is 0 Å². The van der Waals surface area contributed by atoms with Gasteiger partial charge in [-0.05, 0) is 30.3 Å². The molecule has 1 aliphatic rings. The smallest absolute Gasteiger partial charge is 0.282 e. The van der Waals surface area contributed by atoms with E-state index in [1.165, 1.54) is 0 Å². The van der Waals surface area contributed by atoms with Crippen LogP contribution in [0.4, 0.5) is 27.6 Å². The molecule has 2 aromatic rings. The molecule has 27 heavy (non-hydrogen) atoms. The maximum absolute atomic E-state index is 14.1. The van der Waals surface area contributed by atoms with Crippen LogP contribution in [0.15, 0.2) is 52.5 Å². The molecule has 0 aliphatic carbocycles. The van der Waals surface area contributed by atoms with E-state index in [4.69, 9.17) is 4.55 Å². The second-order valence-corrected chi connectivity index (χ2v) is 7.17. The minimum atomic E-state index is -4.75. The molecule has 0 amide bonds. The summed E-state index contributed by atoms with van der Waals surface area (Å²) >= 11 is 0. The van der Waals surface area contributed by atoms with Crippen LogP contribution < -0.4 is 5.01 Å². The Morgan fingerprint density at radius 1 is 1.07 bits per heavy atom. The first-order valence-electron chi connectivity index (χ1n) is 7.43. The fourth-order valence-corrected chi connectivity index (χ4v) is 3.18. The zero-order valence-electron chi connectivity index (χ0n) is 13.3. The fraction of sp³-hybridized carbons (Fsp3) is 0.188. The molecular weight excluding hydrogens is 395 g/mol. The van der Waals surface area contributed by atoms with E-state index < -0.39 is 51.0 Å². The number of halogens is 5. The van der Waals surface area contributed by atoms with Crippen LogP contribution in [0.1, 0.15) is 18.0 Å². The summed E-state index contributed by atoms with van der Waals surface area (Å²) in [5.74, 6) is -1.91. The quantitative estimate of drug-likeness (QED) is 0.616. The van der Waals surface area contributed by atoms with Crippen LogP contribution in [0.2, 0.25) is 0 Å². The maximum Gasteiger partial charge on any atom is 0.431 e. The normalized spacial score (nSPS) is 17.9. The average molecular weight is 406 g/mol. The molecule has 1 atom stereocenters. The first kappa shape index (κ1) is 19.2. The predicted octanol–water partition coefficient (Wildman–Crippen LogP) is 4.08. The van der Waals surface area contributed by atoms with Crippen molar-refractivity contribution in [2.75, 3.05) is 5.01 Å². The van der Waals surface area contributed by atoms with Crippen molar-refractivity contribution in [3.8, 4) is 0 Å². The first-order valence-corrected chi connectivity index (χ1v) is 8.87. The highest BCUT2D eigenvalue weighted by Gasteiger charge is 2.44. The van der Waals surface area contributed by atoms with E-state index in [-0.39, 0.29) is 11.3 Å². The predicted molar refractivity (Wildman–Crippen MR) is 85.9 cm³/mol. The van der Waals surface area contributed by atoms with Crippen LogP contribution in [0.25, 0.3) is 0 Å². The summed E-state index contributed by atoms with van der Waals surface area (Å²) in [5.41, 5.74) is -1.32. The van der Waals surface area contributed by atoms with E-state index in [2.05, 4.69) is 5.10 Å². The monoisotopic (exact) mass is 406 g/mol. The third-order valence-electron chi connectivity index (χ3n) is 3.96. The Kier molecular flexibility index (Phi) is 4.68. The lowest BCUT2D eigenvalue weighted by Gasteiger charge is -2.24. The molecule has 1 N–H and O–H groups in total. The summed E-state index contributed by atoms with van der Waals surface area (Å²) in [7, 11) is -4.49. The molecule has 0 saturated carbocycles. The molecule has 1 aliphatic heterocycles. The number of anilines is 1. The number of rotatable bonds is 3. The van der Waals surface area contributed by atoms with Crippen LogP contribution in [-0.4, -0.2) is 24.9 Å². The summed E-state index contributed by atoms with van der Waals surface area (Å²) in [6.07, 6.45) is -5.43. The molecule has 0 radical (unpaired) electrons. The van der Waals surface area contributed by atoms with Crippen LogP contribution in [0.3, 0.4) is 0 Å². The summed E-state index contributed by atoms with van der Waals surface area (Å²) in [4.78, 5) is -0.463. The van der Waals surface area contributed by atoms with Crippen LogP contribution in [0, 0.1) is 11.6 Å². The Balaban J connectivity index is 2.05. The van der Waals surface area contributed by atoms with Gasteiger partial charge < -0.3 is 0 Å². The summed E-state index contributed by atoms with van der Waals surface area (Å²) < 4.78 is 97.7. The Labute approximate surface area is 150 Å². The first-order chi connectivity index (χ1) is 12.5. The van der Waals surface area contributed by atoms with Crippen LogP contribution in [-0.2, 0) is 10.1 Å². The summed E-state index contributed by atoms with van der Waals surface area (Å²) in [5, 5.41) is 4.38. The highest BCUT2D eigenvalue weighted by atomic mass is 32.2. The molecule has 0 spiro atoms. The van der Waals surface area contributed by atoms with Gasteiger partial charge in [0.05, 0.1) is 16.6 Å². The Morgan fingerprint density at radius 2 is 1.70 bits per heavy atom. The van der Waals surface area contributed by atoms with Crippen molar-refractivity contribution in [3.63, 3.8) is 0 Å². The molecule has 2 aromatic carbocycles. The van der Waals surface area contributed by atoms with E-state index in [0.717, 1.165) is 41.4 Å². The van der Waals surface area contributed by atoms with Crippen molar-refractivity contribution in [3.05, 3.63) is 59.7 Å². The van der Waals surface area contributed by atoms with E-state index in [9.17, 15) is 30.4 Å². The third kappa shape index (κ3) is 3.93. The van der Waals surface area contributed by atoms with E-state index in [1.54, 1.807) is 0 Å². The molecule has 0 bridgehead atoms. The molecule has 11 heteroatoms. The average Bonchev–Trinajstić information content (AvgIpc) is 2.99. The fourth-order valence-electron chi connectivity index (χ4n) is 2.70. The standard InChI is InChI=1S/C16H11F5N2O3S/c17-9-1-6-12(13(18)7-9)14-8-15(16(19,20)21)22-23(14)10-2-4-11(5-3-10)27(24,25)26/h1-7,14H,8H2,(H,24,25,26)/t14-/m0/s1. The van der Waals surface area contributed by atoms with Crippen molar-refractivity contribution in [1.29, 1.82) is 0 Å². The minimum absolute atomic E-state index is 0.0374. The maximum atomic E-state index is 14.1. The number of nitrogens with zero attached hydrogens (tertiary/aromatic N) is 2. The van der Waals surface area contributed by atoms with Gasteiger partial charge >= 0.3 is 6.18 Å². The number of hydrazone groups is 1. The number of hydrogen-bond acceptors (Lipinski definition) is 4. The van der Waals surface area contributed by atoms with E-state index >= 15 is 0 Å². The Hall–Kier alpha value is -2.53. The molecule has 3 rings (SSSR count). The summed E-state index contributed by atoms with van der Waals surface area (Å²) in [6.45, 7) is 0. The lowest BCUT2D eigenvalue weighted by atomic mass is 10.0. The third-order valence-corrected chi connectivity index (χ3v) is 4.83. The second kappa shape index (κ2) is 6.57. The van der Waals surface area contributed by atoms with Gasteiger partial charge in [-0.3, -0.25) is 9.56 Å². The van der Waals surface area contributed by atoms with Crippen LogP contribution in [0.5, 0.6) is 0 Å². The van der Waals surface area contributed by atoms with Gasteiger partial charge in [0.15, 0.2) is 0 Å². The zero-order chi connectivity index (χ0) is 20.0. The van der Waals surface area contributed by atoms with E-state index in [0.29, 0.717) is 6.07 Å². The van der Waals surface area contributed by atoms with Gasteiger partial charge in [0.25, 0.3) is 10.1 Å². The molecule has 0 saturated heterocycles. The van der Waals surface area contributed by atoms with Gasteiger partial charge in [-0.2, -0.15) is 26.7 Å². The summed E-state index contributed by atoms with van der Waals surface area (Å²) in [6, 6.07) is 5.50. The van der Waals surface area contributed by atoms with Gasteiger partial charge in [0.1, 0.15) is 17.3 Å². The largest absolute Gasteiger partial charge is 0.431 e. The Morgan fingerprint density at radius 3 is 2.22 bits per heavy atom. The second-order valence-electron chi connectivity index (χ2n) is 5.74. The SMILES string of the molecule is O=S(=O)(O)c1ccc(N2N=C(C(F)(F)F)C[C@H]2c2ccc(F)cc2F)cc1. The molecule has 0 aromatic heterocycles. The molecule has 5 nitrogen and oxygen atoms in total. The van der Waals surface area contributed by atoms with Gasteiger partial charge in [0.2, 0.25) is 0 Å². The molecule has 1 heterocycles.